The molecule has 1 aromatic heterocycles. The second kappa shape index (κ2) is 4.93. The fourth-order valence-corrected chi connectivity index (χ4v) is 1.85. The summed E-state index contributed by atoms with van der Waals surface area (Å²) in [6, 6.07) is 4.16. The maximum absolute atomic E-state index is 12.9. The van der Waals surface area contributed by atoms with Crippen molar-refractivity contribution >= 4 is 15.9 Å². The molecule has 1 heterocycles. The lowest BCUT2D eigenvalue weighted by molar-refractivity contribution is 0.159. The molecule has 4 nitrogen and oxygen atoms in total. The topological polar surface area (TPSA) is 59.2 Å². The number of aliphatic hydroxyl groups is 1. The van der Waals surface area contributed by atoms with Crippen molar-refractivity contribution in [3.8, 4) is 11.5 Å². The molecule has 90 valence electrons. The highest BCUT2D eigenvalue weighted by molar-refractivity contribution is 9.10. The second-order valence-corrected chi connectivity index (χ2v) is 4.36. The van der Waals surface area contributed by atoms with Crippen LogP contribution < -0.4 is 0 Å². The maximum atomic E-state index is 12.9. The summed E-state index contributed by atoms with van der Waals surface area (Å²) in [5.41, 5.74) is 0.591. The van der Waals surface area contributed by atoms with Crippen molar-refractivity contribution in [2.45, 2.75) is 19.4 Å². The molecule has 17 heavy (non-hydrogen) atoms. The van der Waals surface area contributed by atoms with E-state index in [2.05, 4.69) is 26.1 Å². The van der Waals surface area contributed by atoms with Crippen molar-refractivity contribution in [2.24, 2.45) is 0 Å². The van der Waals surface area contributed by atoms with Gasteiger partial charge in [0.2, 0.25) is 5.82 Å². The Labute approximate surface area is 106 Å². The van der Waals surface area contributed by atoms with Gasteiger partial charge in [0.05, 0.1) is 5.56 Å². The van der Waals surface area contributed by atoms with Gasteiger partial charge in [-0.05, 0) is 40.5 Å². The van der Waals surface area contributed by atoms with Crippen molar-refractivity contribution in [3.63, 3.8) is 0 Å². The smallest absolute Gasteiger partial charge is 0.259 e. The molecule has 0 amide bonds. The summed E-state index contributed by atoms with van der Waals surface area (Å²) in [7, 11) is 0. The van der Waals surface area contributed by atoms with Crippen LogP contribution >= 0.6 is 15.9 Å². The fraction of sp³-hybridized carbons (Fsp3) is 0.273. The van der Waals surface area contributed by atoms with Crippen molar-refractivity contribution in [2.75, 3.05) is 0 Å². The highest BCUT2D eigenvalue weighted by atomic mass is 79.9. The SMILES string of the molecule is CCC(O)c1noc(-c2ccc(F)cc2Br)n1. The van der Waals surface area contributed by atoms with Gasteiger partial charge < -0.3 is 9.63 Å². The van der Waals surface area contributed by atoms with Gasteiger partial charge in [0.15, 0.2) is 0 Å². The fourth-order valence-electron chi connectivity index (χ4n) is 1.33. The van der Waals surface area contributed by atoms with Crippen LogP contribution in [0.15, 0.2) is 27.2 Å². The standard InChI is InChI=1S/C11H10BrFN2O2/c1-2-9(16)10-14-11(17-15-10)7-4-3-6(13)5-8(7)12/h3-5,9,16H,2H2,1H3. The molecule has 0 saturated heterocycles. The number of aromatic nitrogens is 2. The number of hydrogen-bond acceptors (Lipinski definition) is 4. The zero-order valence-electron chi connectivity index (χ0n) is 9.02. The number of halogens is 2. The first-order valence-corrected chi connectivity index (χ1v) is 5.88. The predicted molar refractivity (Wildman–Crippen MR) is 62.6 cm³/mol. The normalized spacial score (nSPS) is 12.7. The molecule has 0 spiro atoms. The summed E-state index contributed by atoms with van der Waals surface area (Å²) < 4.78 is 18.5. The molecule has 1 unspecified atom stereocenters. The number of rotatable bonds is 3. The molecule has 1 atom stereocenters. The van der Waals surface area contributed by atoms with Crippen LogP contribution in [0.5, 0.6) is 0 Å². The summed E-state index contributed by atoms with van der Waals surface area (Å²) >= 11 is 3.22. The first-order chi connectivity index (χ1) is 8.11. The van der Waals surface area contributed by atoms with E-state index in [0.29, 0.717) is 16.5 Å². The molecule has 0 bridgehead atoms. The van der Waals surface area contributed by atoms with E-state index in [1.807, 2.05) is 6.92 Å². The van der Waals surface area contributed by atoms with Gasteiger partial charge in [0.25, 0.3) is 5.89 Å². The van der Waals surface area contributed by atoms with E-state index in [4.69, 9.17) is 4.52 Å². The van der Waals surface area contributed by atoms with Gasteiger partial charge in [-0.3, -0.25) is 0 Å². The van der Waals surface area contributed by atoms with Gasteiger partial charge >= 0.3 is 0 Å². The minimum atomic E-state index is -0.744. The van der Waals surface area contributed by atoms with Crippen LogP contribution in [0, 0.1) is 5.82 Å². The van der Waals surface area contributed by atoms with Gasteiger partial charge in [-0.25, -0.2) is 4.39 Å². The van der Waals surface area contributed by atoms with Crippen molar-refractivity contribution in [1.29, 1.82) is 0 Å². The van der Waals surface area contributed by atoms with Gasteiger partial charge in [0, 0.05) is 4.47 Å². The largest absolute Gasteiger partial charge is 0.385 e. The third-order valence-corrected chi connectivity index (χ3v) is 2.94. The zero-order valence-corrected chi connectivity index (χ0v) is 10.6. The number of nitrogens with zero attached hydrogens (tertiary/aromatic N) is 2. The first-order valence-electron chi connectivity index (χ1n) is 5.09. The average molecular weight is 301 g/mol. The summed E-state index contributed by atoms with van der Waals surface area (Å²) in [6.07, 6.45) is -0.240. The van der Waals surface area contributed by atoms with Gasteiger partial charge in [-0.15, -0.1) is 0 Å². The van der Waals surface area contributed by atoms with Crippen LogP contribution in [0.2, 0.25) is 0 Å². The number of benzene rings is 1. The Bertz CT molecular complexity index is 530. The molecule has 0 aliphatic carbocycles. The quantitative estimate of drug-likeness (QED) is 0.946. The van der Waals surface area contributed by atoms with Crippen molar-refractivity contribution in [3.05, 3.63) is 34.3 Å². The molecule has 0 radical (unpaired) electrons. The summed E-state index contributed by atoms with van der Waals surface area (Å²) in [5, 5.41) is 13.2. The Balaban J connectivity index is 2.37. The van der Waals surface area contributed by atoms with Gasteiger partial charge in [0.1, 0.15) is 11.9 Å². The monoisotopic (exact) mass is 300 g/mol. The highest BCUT2D eigenvalue weighted by Crippen LogP contribution is 2.28. The van der Waals surface area contributed by atoms with E-state index >= 15 is 0 Å². The predicted octanol–water partition coefficient (Wildman–Crippen LogP) is 3.08. The lowest BCUT2D eigenvalue weighted by Crippen LogP contribution is -1.97. The second-order valence-electron chi connectivity index (χ2n) is 3.51. The molecule has 0 saturated carbocycles. The average Bonchev–Trinajstić information content (AvgIpc) is 2.77. The Morgan fingerprint density at radius 1 is 1.53 bits per heavy atom. The summed E-state index contributed by atoms with van der Waals surface area (Å²) in [4.78, 5) is 4.06. The van der Waals surface area contributed by atoms with Crippen LogP contribution in [0.25, 0.3) is 11.5 Å². The van der Waals surface area contributed by atoms with Crippen molar-refractivity contribution in [1.82, 2.24) is 10.1 Å². The van der Waals surface area contributed by atoms with E-state index in [0.717, 1.165) is 0 Å². The number of hydrogen-bond donors (Lipinski definition) is 1. The lowest BCUT2D eigenvalue weighted by atomic mass is 10.2. The zero-order chi connectivity index (χ0) is 12.4. The summed E-state index contributed by atoms with van der Waals surface area (Å²) in [5.74, 6) is 0.132. The Morgan fingerprint density at radius 3 is 2.94 bits per heavy atom. The van der Waals surface area contributed by atoms with Crippen LogP contribution in [0.4, 0.5) is 4.39 Å². The Kier molecular flexibility index (Phi) is 3.54. The molecule has 0 aliphatic heterocycles. The third-order valence-electron chi connectivity index (χ3n) is 2.29. The molecule has 1 N–H and O–H groups in total. The molecule has 1 aromatic carbocycles. The van der Waals surface area contributed by atoms with Gasteiger partial charge in [-0.1, -0.05) is 12.1 Å². The highest BCUT2D eigenvalue weighted by Gasteiger charge is 2.16. The van der Waals surface area contributed by atoms with Crippen LogP contribution in [0.1, 0.15) is 25.3 Å². The van der Waals surface area contributed by atoms with Crippen LogP contribution in [-0.4, -0.2) is 15.2 Å². The molecule has 6 heteroatoms. The lowest BCUT2D eigenvalue weighted by Gasteiger charge is -1.99. The molecule has 2 rings (SSSR count). The van der Waals surface area contributed by atoms with E-state index in [1.54, 1.807) is 0 Å². The number of aliphatic hydroxyl groups excluding tert-OH is 1. The minimum absolute atomic E-state index is 0.235. The molecule has 2 aromatic rings. The Morgan fingerprint density at radius 2 is 2.29 bits per heavy atom. The minimum Gasteiger partial charge on any atom is -0.385 e. The first kappa shape index (κ1) is 12.2. The Hall–Kier alpha value is -1.27. The molecular formula is C11H10BrFN2O2. The summed E-state index contributed by atoms with van der Waals surface area (Å²) in [6.45, 7) is 1.81. The maximum Gasteiger partial charge on any atom is 0.259 e. The van der Waals surface area contributed by atoms with Crippen LogP contribution in [-0.2, 0) is 0 Å². The molecule has 0 aliphatic rings. The van der Waals surface area contributed by atoms with Gasteiger partial charge in [-0.2, -0.15) is 4.98 Å². The van der Waals surface area contributed by atoms with E-state index in [-0.39, 0.29) is 17.5 Å². The van der Waals surface area contributed by atoms with Crippen LogP contribution in [0.3, 0.4) is 0 Å². The van der Waals surface area contributed by atoms with Crippen molar-refractivity contribution < 1.29 is 14.0 Å². The third kappa shape index (κ3) is 2.53. The van der Waals surface area contributed by atoms with E-state index < -0.39 is 6.10 Å². The molecular weight excluding hydrogens is 291 g/mol. The van der Waals surface area contributed by atoms with E-state index in [9.17, 15) is 9.50 Å². The van der Waals surface area contributed by atoms with E-state index in [1.165, 1.54) is 18.2 Å². The molecule has 0 fully saturated rings.